The van der Waals surface area contributed by atoms with E-state index in [0.29, 0.717) is 6.54 Å². The summed E-state index contributed by atoms with van der Waals surface area (Å²) in [6.07, 6.45) is 0.00569. The Bertz CT molecular complexity index is 479. The van der Waals surface area contributed by atoms with Gasteiger partial charge in [0.2, 0.25) is 5.91 Å². The Morgan fingerprint density at radius 1 is 1.18 bits per heavy atom. The van der Waals surface area contributed by atoms with Gasteiger partial charge >= 0.3 is 5.97 Å². The minimum absolute atomic E-state index is 0.00569. The van der Waals surface area contributed by atoms with Gasteiger partial charge in [-0.05, 0) is 26.3 Å². The summed E-state index contributed by atoms with van der Waals surface area (Å²) in [6.45, 7) is 6.00. The third-order valence-corrected chi connectivity index (χ3v) is 2.88. The van der Waals surface area contributed by atoms with Crippen LogP contribution in [0.2, 0.25) is 0 Å². The monoisotopic (exact) mass is 307 g/mol. The van der Waals surface area contributed by atoms with E-state index in [9.17, 15) is 9.59 Å². The number of amides is 1. The minimum Gasteiger partial charge on any atom is -0.460 e. The van der Waals surface area contributed by atoms with Gasteiger partial charge in [-0.25, -0.2) is 0 Å². The van der Waals surface area contributed by atoms with Crippen molar-refractivity contribution in [3.8, 4) is 0 Å². The first-order valence-electron chi connectivity index (χ1n) is 7.34. The fraction of sp³-hybridized carbons (Fsp3) is 0.529. The van der Waals surface area contributed by atoms with E-state index in [-0.39, 0.29) is 18.9 Å². The summed E-state index contributed by atoms with van der Waals surface area (Å²) >= 11 is 0. The van der Waals surface area contributed by atoms with Crippen molar-refractivity contribution < 1.29 is 19.1 Å². The second-order valence-corrected chi connectivity index (χ2v) is 6.15. The Morgan fingerprint density at radius 2 is 1.82 bits per heavy atom. The molecular formula is C17H25NO4. The Kier molecular flexibility index (Phi) is 7.05. The highest BCUT2D eigenvalue weighted by Crippen LogP contribution is 2.13. The Balaban J connectivity index is 2.54. The fourth-order valence-electron chi connectivity index (χ4n) is 1.94. The zero-order chi connectivity index (χ0) is 16.6. The normalized spacial score (nSPS) is 12.5. The van der Waals surface area contributed by atoms with Gasteiger partial charge in [-0.1, -0.05) is 30.3 Å². The molecule has 0 aromatic heterocycles. The van der Waals surface area contributed by atoms with E-state index in [1.54, 1.807) is 20.8 Å². The zero-order valence-corrected chi connectivity index (χ0v) is 13.7. The van der Waals surface area contributed by atoms with Gasteiger partial charge in [-0.15, -0.1) is 0 Å². The van der Waals surface area contributed by atoms with Crippen LogP contribution in [0.3, 0.4) is 0 Å². The van der Waals surface area contributed by atoms with Crippen LogP contribution in [-0.4, -0.2) is 31.2 Å². The van der Waals surface area contributed by atoms with Crippen molar-refractivity contribution >= 4 is 11.9 Å². The molecule has 1 atom stereocenters. The average molecular weight is 307 g/mol. The van der Waals surface area contributed by atoms with Gasteiger partial charge in [0.1, 0.15) is 5.60 Å². The van der Waals surface area contributed by atoms with Crippen LogP contribution in [-0.2, 0) is 25.6 Å². The fourth-order valence-corrected chi connectivity index (χ4v) is 1.94. The molecule has 1 aromatic rings. The van der Waals surface area contributed by atoms with E-state index in [1.807, 2.05) is 30.3 Å². The third-order valence-electron chi connectivity index (χ3n) is 2.88. The van der Waals surface area contributed by atoms with Crippen LogP contribution < -0.4 is 5.32 Å². The quantitative estimate of drug-likeness (QED) is 0.785. The number of carbonyl (C=O) groups is 2. The molecule has 0 unspecified atom stereocenters. The van der Waals surface area contributed by atoms with E-state index in [4.69, 9.17) is 9.47 Å². The highest BCUT2D eigenvalue weighted by molar-refractivity contribution is 5.83. The molecule has 0 saturated heterocycles. The summed E-state index contributed by atoms with van der Waals surface area (Å²) in [5.74, 6) is -1.16. The van der Waals surface area contributed by atoms with Crippen LogP contribution >= 0.6 is 0 Å². The number of esters is 1. The van der Waals surface area contributed by atoms with Crippen LogP contribution in [0.5, 0.6) is 0 Å². The van der Waals surface area contributed by atoms with Crippen molar-refractivity contribution in [2.24, 2.45) is 5.92 Å². The maximum Gasteiger partial charge on any atom is 0.307 e. The molecule has 0 fully saturated rings. The molecule has 0 heterocycles. The van der Waals surface area contributed by atoms with Crippen molar-refractivity contribution in [3.63, 3.8) is 0 Å². The second kappa shape index (κ2) is 8.54. The van der Waals surface area contributed by atoms with Gasteiger partial charge in [0.15, 0.2) is 0 Å². The summed E-state index contributed by atoms with van der Waals surface area (Å²) in [4.78, 5) is 24.1. The summed E-state index contributed by atoms with van der Waals surface area (Å²) in [7, 11) is 1.51. The summed E-state index contributed by atoms with van der Waals surface area (Å²) in [5, 5.41) is 2.83. The number of methoxy groups -OCH3 is 1. The van der Waals surface area contributed by atoms with E-state index >= 15 is 0 Å². The minimum atomic E-state index is -0.560. The molecule has 0 spiro atoms. The molecule has 5 nitrogen and oxygen atoms in total. The molecule has 0 radical (unpaired) electrons. The lowest BCUT2D eigenvalue weighted by Gasteiger charge is -2.21. The van der Waals surface area contributed by atoms with E-state index in [1.165, 1.54) is 7.11 Å². The molecule has 22 heavy (non-hydrogen) atoms. The molecule has 0 bridgehead atoms. The highest BCUT2D eigenvalue weighted by Gasteiger charge is 2.25. The van der Waals surface area contributed by atoms with Crippen LogP contribution in [0.15, 0.2) is 30.3 Å². The molecule has 1 rings (SSSR count). The van der Waals surface area contributed by atoms with E-state index in [2.05, 4.69) is 5.32 Å². The number of ether oxygens (including phenoxy) is 2. The van der Waals surface area contributed by atoms with Crippen LogP contribution in [0.4, 0.5) is 0 Å². The number of hydrogen-bond acceptors (Lipinski definition) is 4. The lowest BCUT2D eigenvalue weighted by Crippen LogP contribution is -2.35. The molecular weight excluding hydrogens is 282 g/mol. The van der Waals surface area contributed by atoms with Gasteiger partial charge in [0.25, 0.3) is 0 Å². The number of benzene rings is 1. The second-order valence-electron chi connectivity index (χ2n) is 6.15. The van der Waals surface area contributed by atoms with Crippen molar-refractivity contribution in [3.05, 3.63) is 35.9 Å². The molecule has 122 valence electrons. The first-order valence-corrected chi connectivity index (χ1v) is 7.34. The van der Waals surface area contributed by atoms with Crippen LogP contribution in [0, 0.1) is 5.92 Å². The maximum atomic E-state index is 12.2. The Hall–Kier alpha value is -1.88. The van der Waals surface area contributed by atoms with E-state index in [0.717, 1.165) is 5.56 Å². The van der Waals surface area contributed by atoms with Crippen LogP contribution in [0.1, 0.15) is 32.8 Å². The summed E-state index contributed by atoms with van der Waals surface area (Å²) < 4.78 is 10.3. The predicted molar refractivity (Wildman–Crippen MR) is 84.1 cm³/mol. The largest absolute Gasteiger partial charge is 0.460 e. The van der Waals surface area contributed by atoms with Crippen molar-refractivity contribution in [1.82, 2.24) is 5.32 Å². The van der Waals surface area contributed by atoms with Gasteiger partial charge in [-0.3, -0.25) is 9.59 Å². The van der Waals surface area contributed by atoms with Crippen molar-refractivity contribution in [2.75, 3.05) is 13.7 Å². The van der Waals surface area contributed by atoms with Gasteiger partial charge in [0.05, 0.1) is 18.9 Å². The third kappa shape index (κ3) is 7.22. The lowest BCUT2D eigenvalue weighted by molar-refractivity contribution is -0.158. The number of hydrogen-bond donors (Lipinski definition) is 1. The van der Waals surface area contributed by atoms with Crippen LogP contribution in [0.25, 0.3) is 0 Å². The Labute approximate surface area is 132 Å². The van der Waals surface area contributed by atoms with Crippen molar-refractivity contribution in [1.29, 1.82) is 0 Å². The summed E-state index contributed by atoms with van der Waals surface area (Å²) in [6, 6.07) is 9.60. The smallest absolute Gasteiger partial charge is 0.307 e. The maximum absolute atomic E-state index is 12.2. The molecule has 0 aliphatic rings. The summed E-state index contributed by atoms with van der Waals surface area (Å²) in [5.41, 5.74) is 0.444. The SMILES string of the molecule is COC[C@@H](CC(=O)OC(C)(C)C)C(=O)NCc1ccccc1. The van der Waals surface area contributed by atoms with Crippen molar-refractivity contribution in [2.45, 2.75) is 39.3 Å². The molecule has 1 aromatic carbocycles. The molecule has 1 N–H and O–H groups in total. The van der Waals surface area contributed by atoms with Gasteiger partial charge in [-0.2, -0.15) is 0 Å². The predicted octanol–water partition coefficient (Wildman–Crippen LogP) is 2.30. The molecule has 1 amide bonds. The van der Waals surface area contributed by atoms with E-state index < -0.39 is 17.5 Å². The molecule has 0 aliphatic carbocycles. The number of carbonyl (C=O) groups excluding carboxylic acids is 2. The molecule has 5 heteroatoms. The lowest BCUT2D eigenvalue weighted by atomic mass is 10.1. The first kappa shape index (κ1) is 18.2. The number of nitrogens with one attached hydrogen (secondary N) is 1. The molecule has 0 aliphatic heterocycles. The Morgan fingerprint density at radius 3 is 2.36 bits per heavy atom. The molecule has 0 saturated carbocycles. The topological polar surface area (TPSA) is 64.6 Å². The zero-order valence-electron chi connectivity index (χ0n) is 13.7. The number of rotatable bonds is 7. The standard InChI is InChI=1S/C17H25NO4/c1-17(2,3)22-15(19)10-14(12-21-4)16(20)18-11-13-8-6-5-7-9-13/h5-9,14H,10-12H2,1-4H3,(H,18,20)/t14-/m1/s1. The van der Waals surface area contributed by atoms with Gasteiger partial charge in [0, 0.05) is 13.7 Å². The highest BCUT2D eigenvalue weighted by atomic mass is 16.6. The average Bonchev–Trinajstić information content (AvgIpc) is 2.43. The first-order chi connectivity index (χ1) is 10.3. The van der Waals surface area contributed by atoms with Gasteiger partial charge < -0.3 is 14.8 Å².